The number of benzene rings is 3. The largest absolute Gasteiger partial charge is 0.623 e. The van der Waals surface area contributed by atoms with Crippen LogP contribution in [0.3, 0.4) is 0 Å². The minimum absolute atomic E-state index is 0.352. The Bertz CT molecular complexity index is 994. The van der Waals surface area contributed by atoms with E-state index >= 15 is 0 Å². The van der Waals surface area contributed by atoms with E-state index in [2.05, 4.69) is 0 Å². The molecule has 0 amide bonds. The van der Waals surface area contributed by atoms with Crippen molar-refractivity contribution in [1.82, 2.24) is 0 Å². The number of hydrogen-bond donors (Lipinski definition) is 1. The quantitative estimate of drug-likeness (QED) is 0.517. The lowest BCUT2D eigenvalue weighted by atomic mass is 9.81. The highest BCUT2D eigenvalue weighted by Crippen LogP contribution is 2.40. The van der Waals surface area contributed by atoms with E-state index in [1.165, 1.54) is 0 Å². The van der Waals surface area contributed by atoms with Gasteiger partial charge in [0.25, 0.3) is 0 Å². The summed E-state index contributed by atoms with van der Waals surface area (Å²) in [6.07, 6.45) is 1.28. The van der Waals surface area contributed by atoms with Crippen molar-refractivity contribution in [2.45, 2.75) is 19.1 Å². The van der Waals surface area contributed by atoms with Crippen molar-refractivity contribution in [2.75, 3.05) is 0 Å². The summed E-state index contributed by atoms with van der Waals surface area (Å²) in [5.41, 5.74) is 4.14. The second kappa shape index (κ2) is 7.83. The van der Waals surface area contributed by atoms with Gasteiger partial charge in [-0.3, -0.25) is 0 Å². The summed E-state index contributed by atoms with van der Waals surface area (Å²) < 4.78 is 1.08. The van der Waals surface area contributed by atoms with Crippen LogP contribution in [0.4, 0.5) is 0 Å². The van der Waals surface area contributed by atoms with Crippen LogP contribution in [-0.2, 0) is 0 Å². The van der Waals surface area contributed by atoms with Gasteiger partial charge in [-0.2, -0.15) is 4.74 Å². The Hall–Kier alpha value is -3.17. The predicted octanol–water partition coefficient (Wildman–Crippen LogP) is 5.04. The molecule has 3 aromatic carbocycles. The third kappa shape index (κ3) is 3.37. The van der Waals surface area contributed by atoms with Crippen molar-refractivity contribution in [3.8, 4) is 0 Å². The van der Waals surface area contributed by atoms with Gasteiger partial charge in [-0.15, -0.1) is 0 Å². The standard InChI is InChI=1S/C25H23NO2/c1-18-17-22(25(27)21-15-9-4-10-16-21)24(20-13-7-3-8-14-20)26(28)23(18)19-11-5-2-6-12-19/h2-17,22,24-25,27H,1H3/t22-,24+,25?/m1/s1. The summed E-state index contributed by atoms with van der Waals surface area (Å²) in [4.78, 5) is 0. The first-order chi connectivity index (χ1) is 13.7. The molecule has 0 aliphatic carbocycles. The molecule has 0 radical (unpaired) electrons. The Kier molecular flexibility index (Phi) is 5.09. The maximum absolute atomic E-state index is 13.6. The van der Waals surface area contributed by atoms with Gasteiger partial charge in [-0.05, 0) is 24.6 Å². The lowest BCUT2D eigenvalue weighted by Crippen LogP contribution is -2.35. The van der Waals surface area contributed by atoms with Gasteiger partial charge in [0, 0.05) is 16.7 Å². The van der Waals surface area contributed by atoms with Gasteiger partial charge in [0.1, 0.15) is 0 Å². The van der Waals surface area contributed by atoms with Crippen molar-refractivity contribution in [3.05, 3.63) is 125 Å². The molecule has 0 fully saturated rings. The summed E-state index contributed by atoms with van der Waals surface area (Å²) >= 11 is 0. The highest BCUT2D eigenvalue weighted by Gasteiger charge is 2.40. The van der Waals surface area contributed by atoms with Gasteiger partial charge >= 0.3 is 0 Å². The van der Waals surface area contributed by atoms with E-state index in [-0.39, 0.29) is 5.92 Å². The molecular weight excluding hydrogens is 346 g/mol. The van der Waals surface area contributed by atoms with Crippen molar-refractivity contribution in [2.24, 2.45) is 5.92 Å². The fourth-order valence-corrected chi connectivity index (χ4v) is 4.02. The number of hydroxylamine groups is 1. The smallest absolute Gasteiger partial charge is 0.221 e. The maximum atomic E-state index is 13.6. The van der Waals surface area contributed by atoms with Gasteiger partial charge in [0.2, 0.25) is 5.71 Å². The Morgan fingerprint density at radius 2 is 1.36 bits per heavy atom. The van der Waals surface area contributed by atoms with Crippen LogP contribution in [0.5, 0.6) is 0 Å². The van der Waals surface area contributed by atoms with Crippen LogP contribution in [-0.4, -0.2) is 15.6 Å². The molecule has 1 N–H and O–H groups in total. The monoisotopic (exact) mass is 369 g/mol. The zero-order valence-electron chi connectivity index (χ0n) is 15.8. The Morgan fingerprint density at radius 1 is 0.821 bits per heavy atom. The topological polar surface area (TPSA) is 46.3 Å². The van der Waals surface area contributed by atoms with E-state index in [1.807, 2.05) is 104 Å². The molecule has 1 aliphatic rings. The molecule has 1 aliphatic heterocycles. The third-order valence-corrected chi connectivity index (χ3v) is 5.35. The van der Waals surface area contributed by atoms with Crippen LogP contribution in [0.25, 0.3) is 0 Å². The van der Waals surface area contributed by atoms with E-state index in [0.29, 0.717) is 5.71 Å². The predicted molar refractivity (Wildman–Crippen MR) is 112 cm³/mol. The number of hydrogen-bond acceptors (Lipinski definition) is 2. The number of rotatable bonds is 4. The molecule has 1 unspecified atom stereocenters. The molecule has 0 saturated heterocycles. The molecule has 140 valence electrons. The average Bonchev–Trinajstić information content (AvgIpc) is 2.75. The van der Waals surface area contributed by atoms with Crippen molar-refractivity contribution in [3.63, 3.8) is 0 Å². The van der Waals surface area contributed by atoms with E-state index in [0.717, 1.165) is 27.0 Å². The fraction of sp³-hybridized carbons (Fsp3) is 0.160. The molecule has 0 aromatic heterocycles. The average molecular weight is 369 g/mol. The summed E-state index contributed by atoms with van der Waals surface area (Å²) in [7, 11) is 0. The molecule has 4 rings (SSSR count). The minimum atomic E-state index is -0.768. The van der Waals surface area contributed by atoms with E-state index in [4.69, 9.17) is 0 Å². The normalized spacial score (nSPS) is 20.6. The zero-order valence-corrected chi connectivity index (χ0v) is 15.8. The number of aliphatic hydroxyl groups is 1. The first-order valence-corrected chi connectivity index (χ1v) is 9.52. The molecule has 3 heteroatoms. The van der Waals surface area contributed by atoms with Crippen LogP contribution in [0, 0.1) is 11.1 Å². The number of allylic oxidation sites excluding steroid dienone is 1. The molecule has 0 bridgehead atoms. The Balaban J connectivity index is 1.85. The maximum Gasteiger partial charge on any atom is 0.221 e. The first-order valence-electron chi connectivity index (χ1n) is 9.52. The lowest BCUT2D eigenvalue weighted by Gasteiger charge is -2.33. The van der Waals surface area contributed by atoms with Crippen molar-refractivity contribution < 1.29 is 9.85 Å². The highest BCUT2D eigenvalue weighted by atomic mass is 16.5. The minimum Gasteiger partial charge on any atom is -0.623 e. The molecular formula is C25H23NO2. The van der Waals surface area contributed by atoms with Gasteiger partial charge in [0.05, 0.1) is 12.0 Å². The van der Waals surface area contributed by atoms with E-state index in [9.17, 15) is 10.3 Å². The van der Waals surface area contributed by atoms with Crippen LogP contribution < -0.4 is 0 Å². The Labute approximate surface area is 165 Å². The van der Waals surface area contributed by atoms with Gasteiger partial charge in [0.15, 0.2) is 6.04 Å². The highest BCUT2D eigenvalue weighted by molar-refractivity contribution is 6.09. The summed E-state index contributed by atoms with van der Waals surface area (Å²) in [5, 5.41) is 24.8. The molecule has 0 spiro atoms. The molecule has 3 nitrogen and oxygen atoms in total. The summed E-state index contributed by atoms with van der Waals surface area (Å²) in [6, 6.07) is 28.5. The van der Waals surface area contributed by atoms with Gasteiger partial charge in [-0.1, -0.05) is 84.9 Å². The molecule has 3 aromatic rings. The van der Waals surface area contributed by atoms with Crippen molar-refractivity contribution >= 4 is 5.71 Å². The third-order valence-electron chi connectivity index (χ3n) is 5.35. The number of aliphatic hydroxyl groups excluding tert-OH is 1. The molecule has 28 heavy (non-hydrogen) atoms. The van der Waals surface area contributed by atoms with Crippen LogP contribution in [0.1, 0.15) is 35.8 Å². The summed E-state index contributed by atoms with van der Waals surface area (Å²) in [5.74, 6) is -0.352. The molecule has 3 atom stereocenters. The van der Waals surface area contributed by atoms with Crippen LogP contribution in [0.2, 0.25) is 0 Å². The van der Waals surface area contributed by atoms with Crippen LogP contribution >= 0.6 is 0 Å². The second-order valence-electron chi connectivity index (χ2n) is 7.18. The molecule has 1 heterocycles. The SMILES string of the molecule is CC1=C[C@@H](C(O)c2ccccc2)[C@H](c2ccccc2)[N+]([O-])=C1c1ccccc1. The van der Waals surface area contributed by atoms with Crippen LogP contribution in [0.15, 0.2) is 103 Å². The zero-order chi connectivity index (χ0) is 19.5. The van der Waals surface area contributed by atoms with Gasteiger partial charge in [-0.25, -0.2) is 0 Å². The van der Waals surface area contributed by atoms with E-state index < -0.39 is 12.1 Å². The second-order valence-corrected chi connectivity index (χ2v) is 7.18. The fourth-order valence-electron chi connectivity index (χ4n) is 4.02. The molecule has 0 saturated carbocycles. The first kappa shape index (κ1) is 18.2. The van der Waals surface area contributed by atoms with Crippen molar-refractivity contribution in [1.29, 1.82) is 0 Å². The summed E-state index contributed by atoms with van der Waals surface area (Å²) in [6.45, 7) is 1.94. The van der Waals surface area contributed by atoms with E-state index in [1.54, 1.807) is 0 Å². The van der Waals surface area contributed by atoms with Gasteiger partial charge < -0.3 is 10.3 Å². The Morgan fingerprint density at radius 3 is 1.96 bits per heavy atom. The lowest BCUT2D eigenvalue weighted by molar-refractivity contribution is -0.520. The number of nitrogens with zero attached hydrogens (tertiary/aromatic N) is 1.